The van der Waals surface area contributed by atoms with E-state index in [1.165, 1.54) is 0 Å². The van der Waals surface area contributed by atoms with Crippen LogP contribution in [0.5, 0.6) is 0 Å². The summed E-state index contributed by atoms with van der Waals surface area (Å²) in [5.74, 6) is 0.428. The summed E-state index contributed by atoms with van der Waals surface area (Å²) in [6.07, 6.45) is 2.81. The molecule has 1 atom stereocenters. The Morgan fingerprint density at radius 2 is 2.04 bits per heavy atom. The first kappa shape index (κ1) is 16.1. The van der Waals surface area contributed by atoms with Crippen LogP contribution in [0.25, 0.3) is 11.0 Å². The highest BCUT2D eigenvalue weighted by atomic mass is 16.1. The van der Waals surface area contributed by atoms with Crippen molar-refractivity contribution >= 4 is 22.9 Å². The zero-order chi connectivity index (χ0) is 16.9. The molecule has 1 unspecified atom stereocenters. The van der Waals surface area contributed by atoms with Crippen LogP contribution in [-0.4, -0.2) is 26.5 Å². The Labute approximate surface area is 140 Å². The van der Waals surface area contributed by atoms with Gasteiger partial charge >= 0.3 is 0 Å². The van der Waals surface area contributed by atoms with Gasteiger partial charge in [-0.15, -0.1) is 0 Å². The number of nitrogens with zero attached hydrogens (tertiary/aromatic N) is 3. The van der Waals surface area contributed by atoms with Crippen LogP contribution in [0, 0.1) is 0 Å². The second-order valence-electron chi connectivity index (χ2n) is 5.88. The summed E-state index contributed by atoms with van der Waals surface area (Å²) >= 11 is 0. The maximum Gasteiger partial charge on any atom is 0.228 e. The fourth-order valence-electron chi connectivity index (χ4n) is 2.64. The number of nitrogens with one attached hydrogen (secondary N) is 1. The molecular weight excluding hydrogens is 302 g/mol. The molecule has 124 valence electrons. The summed E-state index contributed by atoms with van der Waals surface area (Å²) in [6.45, 7) is 2.49. The topological polar surface area (TPSA) is 85.8 Å². The highest BCUT2D eigenvalue weighted by Crippen LogP contribution is 2.20. The van der Waals surface area contributed by atoms with Crippen LogP contribution in [0.15, 0.2) is 48.7 Å². The Balaban J connectivity index is 1.86. The van der Waals surface area contributed by atoms with Crippen molar-refractivity contribution in [1.82, 2.24) is 14.5 Å². The molecule has 1 aromatic carbocycles. The highest BCUT2D eigenvalue weighted by molar-refractivity contribution is 5.91. The van der Waals surface area contributed by atoms with Crippen LogP contribution in [0.3, 0.4) is 0 Å². The molecule has 0 spiro atoms. The van der Waals surface area contributed by atoms with E-state index in [0.29, 0.717) is 12.5 Å². The molecule has 6 heteroatoms. The van der Waals surface area contributed by atoms with Crippen molar-refractivity contribution in [3.8, 4) is 0 Å². The Bertz CT molecular complexity index is 826. The number of fused-ring (bicyclic) bond motifs is 1. The number of para-hydroxylation sites is 2. The van der Waals surface area contributed by atoms with E-state index in [4.69, 9.17) is 5.73 Å². The number of pyridine rings is 1. The van der Waals surface area contributed by atoms with Crippen molar-refractivity contribution in [2.45, 2.75) is 32.4 Å². The Kier molecular flexibility index (Phi) is 4.86. The predicted molar refractivity (Wildman–Crippen MR) is 94.6 cm³/mol. The number of nitrogens with two attached hydrogens (primary N) is 1. The van der Waals surface area contributed by atoms with Gasteiger partial charge in [-0.3, -0.25) is 15.1 Å². The van der Waals surface area contributed by atoms with Gasteiger partial charge in [0.05, 0.1) is 11.0 Å². The molecule has 1 amide bonds. The zero-order valence-electron chi connectivity index (χ0n) is 13.6. The van der Waals surface area contributed by atoms with E-state index in [9.17, 15) is 4.79 Å². The Morgan fingerprint density at radius 3 is 2.79 bits per heavy atom. The Morgan fingerprint density at radius 1 is 1.25 bits per heavy atom. The number of carbonyl (C=O) groups excluding carboxylic acids is 1. The maximum absolute atomic E-state index is 12.1. The van der Waals surface area contributed by atoms with Gasteiger partial charge in [0.15, 0.2) is 0 Å². The van der Waals surface area contributed by atoms with Crippen molar-refractivity contribution in [3.05, 3.63) is 54.4 Å². The molecule has 0 fully saturated rings. The van der Waals surface area contributed by atoms with Crippen molar-refractivity contribution < 1.29 is 4.79 Å². The summed E-state index contributed by atoms with van der Waals surface area (Å²) in [7, 11) is 0. The smallest absolute Gasteiger partial charge is 0.228 e. The molecule has 0 aliphatic rings. The predicted octanol–water partition coefficient (Wildman–Crippen LogP) is 2.35. The lowest BCUT2D eigenvalue weighted by Gasteiger charge is -2.11. The van der Waals surface area contributed by atoms with Crippen LogP contribution in [-0.2, 0) is 17.8 Å². The van der Waals surface area contributed by atoms with E-state index in [2.05, 4.69) is 15.3 Å². The lowest BCUT2D eigenvalue weighted by atomic mass is 10.2. The van der Waals surface area contributed by atoms with Gasteiger partial charge in [0.1, 0.15) is 0 Å². The van der Waals surface area contributed by atoms with E-state index in [0.717, 1.165) is 23.1 Å². The van der Waals surface area contributed by atoms with Gasteiger partial charge in [-0.1, -0.05) is 18.2 Å². The van der Waals surface area contributed by atoms with Crippen LogP contribution in [0.2, 0.25) is 0 Å². The van der Waals surface area contributed by atoms with Gasteiger partial charge in [0.2, 0.25) is 11.9 Å². The average molecular weight is 323 g/mol. The number of hydrogen-bond acceptors (Lipinski definition) is 4. The zero-order valence-corrected chi connectivity index (χ0v) is 13.6. The average Bonchev–Trinajstić information content (AvgIpc) is 2.90. The standard InChI is InChI=1S/C18H21N5O/c1-13(19)12-17(24)22-18-21-15-7-2-3-8-16(15)23(18)11-9-14-6-4-5-10-20-14/h2-8,10,13H,9,11-12,19H2,1H3,(H,21,22,24). The minimum atomic E-state index is -0.184. The minimum absolute atomic E-state index is 0.126. The van der Waals surface area contributed by atoms with E-state index in [1.807, 2.05) is 54.0 Å². The monoisotopic (exact) mass is 323 g/mol. The number of aromatic nitrogens is 3. The van der Waals surface area contributed by atoms with E-state index >= 15 is 0 Å². The number of carbonyl (C=O) groups is 1. The summed E-state index contributed by atoms with van der Waals surface area (Å²) in [6, 6.07) is 13.5. The summed E-state index contributed by atoms with van der Waals surface area (Å²) in [5.41, 5.74) is 8.55. The summed E-state index contributed by atoms with van der Waals surface area (Å²) in [4.78, 5) is 21.0. The maximum atomic E-state index is 12.1. The molecule has 0 saturated heterocycles. The summed E-state index contributed by atoms with van der Waals surface area (Å²) in [5, 5.41) is 2.88. The number of rotatable bonds is 6. The molecule has 0 aliphatic carbocycles. The van der Waals surface area contributed by atoms with Crippen molar-refractivity contribution in [1.29, 1.82) is 0 Å². The number of hydrogen-bond donors (Lipinski definition) is 2. The van der Waals surface area contributed by atoms with Gasteiger partial charge in [0.25, 0.3) is 0 Å². The molecule has 0 aliphatic heterocycles. The van der Waals surface area contributed by atoms with Gasteiger partial charge < -0.3 is 10.3 Å². The lowest BCUT2D eigenvalue weighted by molar-refractivity contribution is -0.116. The molecule has 3 N–H and O–H groups in total. The molecule has 6 nitrogen and oxygen atoms in total. The second kappa shape index (κ2) is 7.23. The van der Waals surface area contributed by atoms with Gasteiger partial charge in [0, 0.05) is 37.3 Å². The second-order valence-corrected chi connectivity index (χ2v) is 5.88. The highest BCUT2D eigenvalue weighted by Gasteiger charge is 2.14. The number of anilines is 1. The SMILES string of the molecule is CC(N)CC(=O)Nc1nc2ccccc2n1CCc1ccccn1. The molecule has 3 aromatic rings. The van der Waals surface area contributed by atoms with Crippen LogP contribution < -0.4 is 11.1 Å². The number of amides is 1. The number of benzene rings is 1. The molecule has 0 saturated carbocycles. The normalized spacial score (nSPS) is 12.2. The third kappa shape index (κ3) is 3.78. The first-order valence-electron chi connectivity index (χ1n) is 8.04. The van der Waals surface area contributed by atoms with E-state index in [1.54, 1.807) is 6.20 Å². The van der Waals surface area contributed by atoms with E-state index < -0.39 is 0 Å². The first-order valence-corrected chi connectivity index (χ1v) is 8.04. The molecule has 2 heterocycles. The number of imidazole rings is 1. The number of aryl methyl sites for hydroxylation is 2. The van der Waals surface area contributed by atoms with Crippen LogP contribution in [0.4, 0.5) is 5.95 Å². The lowest BCUT2D eigenvalue weighted by Crippen LogP contribution is -2.25. The third-order valence-electron chi connectivity index (χ3n) is 3.73. The largest absolute Gasteiger partial charge is 0.327 e. The molecule has 2 aromatic heterocycles. The molecule has 3 rings (SSSR count). The van der Waals surface area contributed by atoms with Gasteiger partial charge in [-0.05, 0) is 31.2 Å². The van der Waals surface area contributed by atoms with Crippen molar-refractivity contribution in [2.24, 2.45) is 5.73 Å². The van der Waals surface area contributed by atoms with Crippen molar-refractivity contribution in [2.75, 3.05) is 5.32 Å². The fraction of sp³-hybridized carbons (Fsp3) is 0.278. The minimum Gasteiger partial charge on any atom is -0.327 e. The van der Waals surface area contributed by atoms with E-state index in [-0.39, 0.29) is 18.4 Å². The molecule has 0 bridgehead atoms. The first-order chi connectivity index (χ1) is 11.6. The van der Waals surface area contributed by atoms with Gasteiger partial charge in [-0.2, -0.15) is 0 Å². The summed E-state index contributed by atoms with van der Waals surface area (Å²) < 4.78 is 2.02. The molecule has 24 heavy (non-hydrogen) atoms. The third-order valence-corrected chi connectivity index (χ3v) is 3.73. The van der Waals surface area contributed by atoms with Crippen molar-refractivity contribution in [3.63, 3.8) is 0 Å². The molecular formula is C18H21N5O. The fourth-order valence-corrected chi connectivity index (χ4v) is 2.64. The van der Waals surface area contributed by atoms with Crippen LogP contribution >= 0.6 is 0 Å². The Hall–Kier alpha value is -2.73. The van der Waals surface area contributed by atoms with Crippen LogP contribution in [0.1, 0.15) is 19.0 Å². The van der Waals surface area contributed by atoms with Gasteiger partial charge in [-0.25, -0.2) is 4.98 Å². The quantitative estimate of drug-likeness (QED) is 0.729. The molecule has 0 radical (unpaired) electrons.